The summed E-state index contributed by atoms with van der Waals surface area (Å²) in [4.78, 5) is 12.0. The van der Waals surface area contributed by atoms with E-state index >= 15 is 0 Å². The number of amides is 1. The van der Waals surface area contributed by atoms with Gasteiger partial charge in [0.05, 0.1) is 17.9 Å². The third kappa shape index (κ3) is 2.87. The lowest BCUT2D eigenvalue weighted by molar-refractivity contribution is 0.0915. The second kappa shape index (κ2) is 6.03. The van der Waals surface area contributed by atoms with Gasteiger partial charge in [-0.3, -0.25) is 4.79 Å². The largest absolute Gasteiger partial charge is 0.469 e. The number of benzene rings is 2. The van der Waals surface area contributed by atoms with Crippen molar-refractivity contribution < 1.29 is 14.3 Å². The van der Waals surface area contributed by atoms with E-state index < -0.39 is 6.10 Å². The molecule has 1 aromatic heterocycles. The minimum absolute atomic E-state index is 0.155. The fourth-order valence-corrected chi connectivity index (χ4v) is 2.44. The maximum Gasteiger partial charge on any atom is 0.254 e. The van der Waals surface area contributed by atoms with Crippen LogP contribution in [0, 0.1) is 6.92 Å². The van der Waals surface area contributed by atoms with E-state index in [1.807, 2.05) is 42.5 Å². The zero-order valence-corrected chi connectivity index (χ0v) is 12.2. The average molecular weight is 295 g/mol. The number of aliphatic hydroxyl groups is 1. The van der Waals surface area contributed by atoms with Crippen LogP contribution in [0.1, 0.15) is 27.8 Å². The molecular weight excluding hydrogens is 278 g/mol. The number of nitrogens with one attached hydrogen (secondary N) is 1. The van der Waals surface area contributed by atoms with Crippen LogP contribution in [0.15, 0.2) is 59.2 Å². The van der Waals surface area contributed by atoms with Crippen LogP contribution in [-0.4, -0.2) is 17.6 Å². The van der Waals surface area contributed by atoms with E-state index in [1.54, 1.807) is 13.0 Å². The molecule has 4 nitrogen and oxygen atoms in total. The van der Waals surface area contributed by atoms with Crippen LogP contribution in [0.4, 0.5) is 0 Å². The summed E-state index contributed by atoms with van der Waals surface area (Å²) < 4.78 is 5.10. The maximum atomic E-state index is 12.0. The Hall–Kier alpha value is -2.59. The van der Waals surface area contributed by atoms with Gasteiger partial charge >= 0.3 is 0 Å². The number of carbonyl (C=O) groups is 1. The summed E-state index contributed by atoms with van der Waals surface area (Å²) in [6.07, 6.45) is 0.727. The summed E-state index contributed by atoms with van der Waals surface area (Å²) in [6, 6.07) is 15.4. The van der Waals surface area contributed by atoms with Crippen LogP contribution >= 0.6 is 0 Å². The first-order valence-corrected chi connectivity index (χ1v) is 7.14. The molecule has 3 rings (SSSR count). The van der Waals surface area contributed by atoms with Crippen molar-refractivity contribution in [1.82, 2.24) is 5.32 Å². The lowest BCUT2D eigenvalue weighted by atomic mass is 10.0. The first-order chi connectivity index (χ1) is 10.6. The minimum Gasteiger partial charge on any atom is -0.469 e. The Morgan fingerprint density at radius 1 is 1.18 bits per heavy atom. The fraction of sp³-hybridized carbons (Fsp3) is 0.167. The number of hydrogen-bond donors (Lipinski definition) is 2. The van der Waals surface area contributed by atoms with Crippen LogP contribution in [0.2, 0.25) is 0 Å². The van der Waals surface area contributed by atoms with Crippen molar-refractivity contribution in [1.29, 1.82) is 0 Å². The molecule has 22 heavy (non-hydrogen) atoms. The Kier molecular flexibility index (Phi) is 3.94. The van der Waals surface area contributed by atoms with Crippen molar-refractivity contribution in [3.05, 3.63) is 71.7 Å². The monoisotopic (exact) mass is 295 g/mol. The number of carbonyl (C=O) groups excluding carboxylic acids is 1. The first kappa shape index (κ1) is 14.4. The second-order valence-corrected chi connectivity index (χ2v) is 5.22. The molecule has 2 N–H and O–H groups in total. The molecule has 112 valence electrons. The smallest absolute Gasteiger partial charge is 0.254 e. The number of aliphatic hydroxyl groups excluding tert-OH is 1. The lowest BCUT2D eigenvalue weighted by Gasteiger charge is -2.13. The maximum absolute atomic E-state index is 12.0. The van der Waals surface area contributed by atoms with Crippen molar-refractivity contribution in [3.63, 3.8) is 0 Å². The molecule has 0 aliphatic carbocycles. The van der Waals surface area contributed by atoms with Gasteiger partial charge in [-0.05, 0) is 35.4 Å². The first-order valence-electron chi connectivity index (χ1n) is 7.14. The van der Waals surface area contributed by atoms with Crippen LogP contribution < -0.4 is 5.32 Å². The van der Waals surface area contributed by atoms with E-state index in [0.717, 1.165) is 16.3 Å². The van der Waals surface area contributed by atoms with Gasteiger partial charge in [-0.1, -0.05) is 36.4 Å². The standard InChI is InChI=1S/C18H17NO3/c1-12-16(8-9-22-12)18(21)19-11-17(20)15-7-6-13-4-2-3-5-14(13)10-15/h2-10,17,20H,11H2,1H3,(H,19,21). The molecule has 1 heterocycles. The van der Waals surface area contributed by atoms with Gasteiger partial charge in [-0.15, -0.1) is 0 Å². The summed E-state index contributed by atoms with van der Waals surface area (Å²) >= 11 is 0. The molecule has 3 aromatic rings. The van der Waals surface area contributed by atoms with Gasteiger partial charge in [0.15, 0.2) is 0 Å². The highest BCUT2D eigenvalue weighted by Crippen LogP contribution is 2.20. The Morgan fingerprint density at radius 3 is 2.68 bits per heavy atom. The topological polar surface area (TPSA) is 62.5 Å². The van der Waals surface area contributed by atoms with Crippen molar-refractivity contribution >= 4 is 16.7 Å². The SMILES string of the molecule is Cc1occc1C(=O)NCC(O)c1ccc2ccccc2c1. The molecule has 0 spiro atoms. The van der Waals surface area contributed by atoms with Crippen molar-refractivity contribution in [3.8, 4) is 0 Å². The third-order valence-corrected chi connectivity index (χ3v) is 3.72. The molecule has 0 bridgehead atoms. The van der Waals surface area contributed by atoms with Gasteiger partial charge in [0.1, 0.15) is 5.76 Å². The van der Waals surface area contributed by atoms with Gasteiger partial charge in [0, 0.05) is 6.54 Å². The van der Waals surface area contributed by atoms with Gasteiger partial charge < -0.3 is 14.8 Å². The number of furan rings is 1. The van der Waals surface area contributed by atoms with Crippen LogP contribution in [0.3, 0.4) is 0 Å². The molecule has 0 saturated carbocycles. The predicted molar refractivity (Wildman–Crippen MR) is 84.7 cm³/mol. The Morgan fingerprint density at radius 2 is 1.95 bits per heavy atom. The molecule has 1 atom stereocenters. The fourth-order valence-electron chi connectivity index (χ4n) is 2.44. The Bertz CT molecular complexity index is 807. The minimum atomic E-state index is -0.749. The van der Waals surface area contributed by atoms with Crippen molar-refractivity contribution in [2.75, 3.05) is 6.54 Å². The van der Waals surface area contributed by atoms with Crippen LogP contribution in [-0.2, 0) is 0 Å². The summed E-state index contributed by atoms with van der Waals surface area (Å²) in [6.45, 7) is 1.89. The van der Waals surface area contributed by atoms with Crippen LogP contribution in [0.25, 0.3) is 10.8 Å². The van der Waals surface area contributed by atoms with Crippen molar-refractivity contribution in [2.24, 2.45) is 0 Å². The zero-order chi connectivity index (χ0) is 15.5. The Balaban J connectivity index is 1.69. The molecular formula is C18H17NO3. The summed E-state index contributed by atoms with van der Waals surface area (Å²) in [7, 11) is 0. The van der Waals surface area contributed by atoms with Gasteiger partial charge in [0.2, 0.25) is 0 Å². The third-order valence-electron chi connectivity index (χ3n) is 3.72. The van der Waals surface area contributed by atoms with E-state index in [1.165, 1.54) is 6.26 Å². The number of hydrogen-bond acceptors (Lipinski definition) is 3. The number of fused-ring (bicyclic) bond motifs is 1. The zero-order valence-electron chi connectivity index (χ0n) is 12.2. The van der Waals surface area contributed by atoms with E-state index in [4.69, 9.17) is 4.42 Å². The molecule has 0 fully saturated rings. The number of aryl methyl sites for hydroxylation is 1. The molecule has 4 heteroatoms. The summed E-state index contributed by atoms with van der Waals surface area (Å²) in [5.41, 5.74) is 1.27. The molecule has 1 amide bonds. The molecule has 2 aromatic carbocycles. The van der Waals surface area contributed by atoms with Crippen molar-refractivity contribution in [2.45, 2.75) is 13.0 Å². The summed E-state index contributed by atoms with van der Waals surface area (Å²) in [5, 5.41) is 15.2. The molecule has 0 saturated heterocycles. The highest BCUT2D eigenvalue weighted by atomic mass is 16.3. The normalized spacial score (nSPS) is 12.3. The summed E-state index contributed by atoms with van der Waals surface area (Å²) in [5.74, 6) is 0.323. The lowest BCUT2D eigenvalue weighted by Crippen LogP contribution is -2.28. The van der Waals surface area contributed by atoms with E-state index in [9.17, 15) is 9.90 Å². The highest BCUT2D eigenvalue weighted by Gasteiger charge is 2.14. The van der Waals surface area contributed by atoms with Gasteiger partial charge in [-0.2, -0.15) is 0 Å². The number of rotatable bonds is 4. The average Bonchev–Trinajstić information content (AvgIpc) is 2.98. The van der Waals surface area contributed by atoms with Gasteiger partial charge in [-0.25, -0.2) is 0 Å². The van der Waals surface area contributed by atoms with E-state index in [0.29, 0.717) is 11.3 Å². The molecule has 1 unspecified atom stereocenters. The van der Waals surface area contributed by atoms with Crippen LogP contribution in [0.5, 0.6) is 0 Å². The highest BCUT2D eigenvalue weighted by molar-refractivity contribution is 5.95. The van der Waals surface area contributed by atoms with E-state index in [2.05, 4.69) is 5.32 Å². The van der Waals surface area contributed by atoms with E-state index in [-0.39, 0.29) is 12.5 Å². The molecule has 0 radical (unpaired) electrons. The Labute approximate surface area is 128 Å². The molecule has 0 aliphatic rings. The van der Waals surface area contributed by atoms with Gasteiger partial charge in [0.25, 0.3) is 5.91 Å². The second-order valence-electron chi connectivity index (χ2n) is 5.22. The quantitative estimate of drug-likeness (QED) is 0.777. The predicted octanol–water partition coefficient (Wildman–Crippen LogP) is 3.20. The molecule has 0 aliphatic heterocycles.